The minimum absolute atomic E-state index is 0.00680. The third-order valence-corrected chi connectivity index (χ3v) is 30.7. The lowest BCUT2D eigenvalue weighted by Crippen LogP contribution is -2.70. The van der Waals surface area contributed by atoms with Gasteiger partial charge in [-0.1, -0.05) is 90.7 Å². The van der Waals surface area contributed by atoms with E-state index >= 15 is 0 Å². The Morgan fingerprint density at radius 2 is 0.867 bits per heavy atom. The first kappa shape index (κ1) is 106. The molecule has 135 heavy (non-hydrogen) atoms. The van der Waals surface area contributed by atoms with Gasteiger partial charge >= 0.3 is 0 Å². The van der Waals surface area contributed by atoms with Crippen LogP contribution in [0.4, 0.5) is 0 Å². The summed E-state index contributed by atoms with van der Waals surface area (Å²) >= 11 is 18.9. The summed E-state index contributed by atoms with van der Waals surface area (Å²) in [5.41, 5.74) is 7.76. The first-order valence-electron chi connectivity index (χ1n) is 48.0. The topological polar surface area (TPSA) is 558 Å². The number of fused-ring (bicyclic) bond motifs is 8. The molecule has 0 aromatic carbocycles. The molecule has 15 rings (SSSR count). The first-order valence-corrected chi connectivity index (χ1v) is 49.4. The van der Waals surface area contributed by atoms with E-state index in [0.29, 0.717) is 64.2 Å². The van der Waals surface area contributed by atoms with Gasteiger partial charge in [0, 0.05) is 82.2 Å². The molecule has 0 spiro atoms. The molecule has 0 bridgehead atoms. The molecule has 0 aromatic heterocycles. The highest BCUT2D eigenvalue weighted by molar-refractivity contribution is 6.25. The van der Waals surface area contributed by atoms with Crippen molar-refractivity contribution in [3.8, 4) is 47.9 Å². The Labute approximate surface area is 800 Å². The highest BCUT2D eigenvalue weighted by Gasteiger charge is 2.62. The highest BCUT2D eigenvalue weighted by Crippen LogP contribution is 2.49. The van der Waals surface area contributed by atoms with E-state index < -0.39 is 250 Å². The van der Waals surface area contributed by atoms with Crippen molar-refractivity contribution in [2.24, 2.45) is 11.7 Å². The Morgan fingerprint density at radius 3 is 1.51 bits per heavy atom. The van der Waals surface area contributed by atoms with Crippen LogP contribution < -0.4 is 5.73 Å². The SMILES string of the molecule is C#CC#CCC(Cl)C(O)C(O)C(O)C(OC1OC(CO)C(O)C1O)C(O)CC(O)C(O)C(O)CC1OC(C2OC3CCC(C4OC5C(Cl)CC(C6OC7C(O)CC(C8CCC9OC(C%10CCC%11OC%12CC%13OC%14CCC(C=CC=CCC(N)CC=CC=CC#CCCC#CC=CCl)OC%14CC%13OC%12CC(O)C%11O%10)C(C)CC9O8)OC7CC6O)OC5CC4O)OC3C(O)C2O)C(O)C(O)C1O. The molecule has 53 unspecified atom stereocenters. The van der Waals surface area contributed by atoms with Crippen molar-refractivity contribution in [2.45, 2.75) is 471 Å². The molecule has 15 heterocycles. The van der Waals surface area contributed by atoms with E-state index in [4.69, 9.17) is 123 Å². The number of hydrogen-bond acceptors (Lipinski definition) is 36. The zero-order valence-electron chi connectivity index (χ0n) is 75.2. The normalized spacial score (nSPS) is 46.6. The van der Waals surface area contributed by atoms with Crippen molar-refractivity contribution in [1.29, 1.82) is 0 Å². The minimum atomic E-state index is -2.36. The maximum atomic E-state index is 12.0. The Hall–Kier alpha value is -3.63. The molecule has 39 heteroatoms. The van der Waals surface area contributed by atoms with Gasteiger partial charge in [-0.3, -0.25) is 0 Å². The number of aliphatic hydroxyl groups excluding tert-OH is 19. The number of hydrogen-bond donors (Lipinski definition) is 20. The van der Waals surface area contributed by atoms with E-state index in [2.05, 4.69) is 54.6 Å². The fourth-order valence-electron chi connectivity index (χ4n) is 22.6. The maximum absolute atomic E-state index is 12.0. The van der Waals surface area contributed by atoms with Gasteiger partial charge in [-0.15, -0.1) is 29.6 Å². The molecule has 15 saturated heterocycles. The maximum Gasteiger partial charge on any atom is 0.187 e. The Morgan fingerprint density at radius 1 is 0.407 bits per heavy atom. The van der Waals surface area contributed by atoms with Gasteiger partial charge in [-0.2, -0.15) is 0 Å². The number of rotatable bonds is 28. The van der Waals surface area contributed by atoms with E-state index in [9.17, 15) is 97.0 Å². The van der Waals surface area contributed by atoms with Crippen LogP contribution >= 0.6 is 34.8 Å². The van der Waals surface area contributed by atoms with Crippen molar-refractivity contribution >= 4 is 34.8 Å². The number of terminal acetylenes is 1. The molecule has 0 aromatic rings. The van der Waals surface area contributed by atoms with E-state index in [0.717, 1.165) is 25.7 Å². The number of halogens is 3. The summed E-state index contributed by atoms with van der Waals surface area (Å²) in [6.45, 7) is 1.32. The van der Waals surface area contributed by atoms with E-state index in [1.165, 1.54) is 5.54 Å². The molecule has 0 aliphatic carbocycles. The summed E-state index contributed by atoms with van der Waals surface area (Å²) in [6, 6.07) is -0.00977. The van der Waals surface area contributed by atoms with Crippen LogP contribution in [0.5, 0.6) is 0 Å². The van der Waals surface area contributed by atoms with Gasteiger partial charge in [0.2, 0.25) is 0 Å². The van der Waals surface area contributed by atoms with Crippen LogP contribution in [0.1, 0.15) is 155 Å². The highest BCUT2D eigenvalue weighted by atomic mass is 35.5. The quantitative estimate of drug-likeness (QED) is 0.0176. The lowest BCUT2D eigenvalue weighted by atomic mass is 9.81. The van der Waals surface area contributed by atoms with Crippen LogP contribution in [0.2, 0.25) is 0 Å². The predicted molar refractivity (Wildman–Crippen MR) is 476 cm³/mol. The number of alkyl halides is 2. The summed E-state index contributed by atoms with van der Waals surface area (Å²) in [4.78, 5) is 0. The van der Waals surface area contributed by atoms with Crippen molar-refractivity contribution in [3.63, 3.8) is 0 Å². The summed E-state index contributed by atoms with van der Waals surface area (Å²) in [5.74, 6) is 18.7. The molecular weight excluding hydrogens is 1830 g/mol. The van der Waals surface area contributed by atoms with Crippen LogP contribution in [0.3, 0.4) is 0 Å². The Kier molecular flexibility index (Phi) is 37.9. The van der Waals surface area contributed by atoms with Gasteiger partial charge in [0.05, 0.1) is 188 Å². The summed E-state index contributed by atoms with van der Waals surface area (Å²) in [6.07, 6.45) is -26.2. The lowest BCUT2D eigenvalue weighted by molar-refractivity contribution is -0.328. The second-order valence-corrected chi connectivity index (χ2v) is 40.5. The molecule has 15 fully saturated rings. The number of aliphatic hydroxyl groups is 19. The second kappa shape index (κ2) is 48.4. The van der Waals surface area contributed by atoms with Crippen LogP contribution in [0.15, 0.2) is 60.2 Å². The van der Waals surface area contributed by atoms with E-state index in [1.807, 2.05) is 42.4 Å². The molecule has 15 aliphatic rings. The van der Waals surface area contributed by atoms with Crippen molar-refractivity contribution in [1.82, 2.24) is 0 Å². The number of ether oxygens (including phenoxy) is 16. The van der Waals surface area contributed by atoms with Gasteiger partial charge in [0.15, 0.2) is 6.29 Å². The average Bonchev–Trinajstić information content (AvgIpc) is 1.74. The molecule has 0 radical (unpaired) electrons. The van der Waals surface area contributed by atoms with Gasteiger partial charge in [0.1, 0.15) is 122 Å². The van der Waals surface area contributed by atoms with E-state index in [1.54, 1.807) is 6.08 Å². The molecule has 21 N–H and O–H groups in total. The average molecular weight is 1970 g/mol. The van der Waals surface area contributed by atoms with Crippen LogP contribution in [0, 0.1) is 53.8 Å². The van der Waals surface area contributed by atoms with Crippen LogP contribution in [-0.2, 0) is 75.8 Å². The number of unbranched alkanes of at least 4 members (excludes halogenated alkanes) is 1. The summed E-state index contributed by atoms with van der Waals surface area (Å²) < 4.78 is 104. The third kappa shape index (κ3) is 25.0. The monoisotopic (exact) mass is 1970 g/mol. The Bertz CT molecular complexity index is 4180. The molecule has 0 amide bonds. The largest absolute Gasteiger partial charge is 0.394 e. The molecule has 36 nitrogen and oxygen atoms in total. The fourth-order valence-corrected chi connectivity index (χ4v) is 23.2. The molecule has 0 saturated carbocycles. The lowest BCUT2D eigenvalue weighted by Gasteiger charge is -2.54. The van der Waals surface area contributed by atoms with Gasteiger partial charge in [-0.25, -0.2) is 0 Å². The number of allylic oxidation sites excluding steroid dienone is 6. The fraction of sp³-hybridized carbons (Fsp3) is 0.812. The van der Waals surface area contributed by atoms with Gasteiger partial charge in [0.25, 0.3) is 0 Å². The van der Waals surface area contributed by atoms with Crippen LogP contribution in [0.25, 0.3) is 0 Å². The summed E-state index contributed by atoms with van der Waals surface area (Å²) in [5, 5.41) is 212. The smallest absolute Gasteiger partial charge is 0.187 e. The van der Waals surface area contributed by atoms with Crippen molar-refractivity contribution in [2.75, 3.05) is 6.61 Å². The molecule has 15 aliphatic heterocycles. The van der Waals surface area contributed by atoms with E-state index in [-0.39, 0.29) is 136 Å². The summed E-state index contributed by atoms with van der Waals surface area (Å²) in [7, 11) is 0. The first-order chi connectivity index (χ1) is 64.9. The third-order valence-electron chi connectivity index (χ3n) is 29.8. The van der Waals surface area contributed by atoms with Crippen molar-refractivity contribution < 1.29 is 173 Å². The zero-order chi connectivity index (χ0) is 95.9. The van der Waals surface area contributed by atoms with Gasteiger partial charge in [-0.05, 0) is 107 Å². The minimum Gasteiger partial charge on any atom is -0.394 e. The zero-order valence-corrected chi connectivity index (χ0v) is 77.4. The van der Waals surface area contributed by atoms with Gasteiger partial charge < -0.3 is 179 Å². The molecule has 756 valence electrons. The number of nitrogens with two attached hydrogens (primary N) is 1. The predicted octanol–water partition coefficient (Wildman–Crippen LogP) is -1.90. The Balaban J connectivity index is 0.474. The second-order valence-electron chi connectivity index (χ2n) is 39.1. The molecule has 53 atom stereocenters. The van der Waals surface area contributed by atoms with Crippen LogP contribution in [-0.4, -0.2) is 420 Å². The standard InChI is InChI=1S/C96H136Cl3NO35/c1-3-4-15-23-47(98)75(109)79(113)81(115)92(135-96-85(119)78(112)74(43-101)132-96)51(104)35-49(102)76(110)50(103)36-70-77(111)80(114)82(116)94(131-70)95-84(118)83(117)93-62(130-95)31-30-61(129-93)89-54(107)39-72-87(133-89)48(99)34-71(126-72)90-55(108)40-73-91(134-90)53(106)37-64(125-73)57-26-27-58-63(121-57)33-44(2)86(127-58)59-28-29-60-88(128-59)52(105)38-65-67(123-60)42-68-69(124-65)41-66-56(122-68)25-24-46(120-66)22-18-14-17-21-45(100)20-16-12-10-8-6-5-7-9-11-13-19-32-97/h1,8,10,12,14,16-19,22,32,44-96,101-119H,7,9,20-21,23-31,33-43,100H2,2H3. The molecular formula is C96H136Cl3NO35. The van der Waals surface area contributed by atoms with Crippen molar-refractivity contribution in [3.05, 3.63) is 60.2 Å².